The quantitative estimate of drug-likeness (QED) is 0.825. The predicted octanol–water partition coefficient (Wildman–Crippen LogP) is 0.463. The first-order valence-electron chi connectivity index (χ1n) is 6.32. The largest absolute Gasteiger partial charge is 0.350 e. The molecule has 1 aliphatic carbocycles. The molecule has 106 valence electrons. The SMILES string of the molecule is CNS(=O)(=O)c1cc(C(=O)NCC2CCC2)n(C)c1. The summed E-state index contributed by atoms with van der Waals surface area (Å²) in [5.74, 6) is 0.344. The molecule has 0 radical (unpaired) electrons. The fourth-order valence-corrected chi connectivity index (χ4v) is 2.85. The van der Waals surface area contributed by atoms with Crippen LogP contribution in [0, 0.1) is 5.92 Å². The van der Waals surface area contributed by atoms with Gasteiger partial charge in [-0.3, -0.25) is 4.79 Å². The van der Waals surface area contributed by atoms with E-state index in [9.17, 15) is 13.2 Å². The van der Waals surface area contributed by atoms with Crippen LogP contribution in [0.3, 0.4) is 0 Å². The van der Waals surface area contributed by atoms with Gasteiger partial charge in [0.1, 0.15) is 10.6 Å². The second-order valence-corrected chi connectivity index (χ2v) is 6.77. The first-order chi connectivity index (χ1) is 8.94. The van der Waals surface area contributed by atoms with E-state index in [1.54, 1.807) is 7.05 Å². The molecule has 2 rings (SSSR count). The second kappa shape index (κ2) is 5.34. The minimum Gasteiger partial charge on any atom is -0.350 e. The maximum atomic E-state index is 12.0. The van der Waals surface area contributed by atoms with Crippen LogP contribution in [-0.2, 0) is 17.1 Å². The molecule has 0 aromatic carbocycles. The zero-order valence-corrected chi connectivity index (χ0v) is 12.0. The standard InChI is InChI=1S/C12H19N3O3S/c1-13-19(17,18)10-6-11(15(2)8-10)12(16)14-7-9-4-3-5-9/h6,8-9,13H,3-5,7H2,1-2H3,(H,14,16). The summed E-state index contributed by atoms with van der Waals surface area (Å²) in [6, 6.07) is 1.39. The van der Waals surface area contributed by atoms with Gasteiger partial charge in [-0.15, -0.1) is 0 Å². The Kier molecular flexibility index (Phi) is 3.96. The van der Waals surface area contributed by atoms with Crippen molar-refractivity contribution in [2.75, 3.05) is 13.6 Å². The Labute approximate surface area is 113 Å². The van der Waals surface area contributed by atoms with Gasteiger partial charge in [-0.2, -0.15) is 0 Å². The summed E-state index contributed by atoms with van der Waals surface area (Å²) >= 11 is 0. The third-order valence-electron chi connectivity index (χ3n) is 3.57. The van der Waals surface area contributed by atoms with Gasteiger partial charge in [0.05, 0.1) is 0 Å². The lowest BCUT2D eigenvalue weighted by Crippen LogP contribution is -2.33. The van der Waals surface area contributed by atoms with Crippen LogP contribution in [0.1, 0.15) is 29.8 Å². The zero-order valence-electron chi connectivity index (χ0n) is 11.1. The third-order valence-corrected chi connectivity index (χ3v) is 4.95. The average Bonchev–Trinajstić information content (AvgIpc) is 2.70. The predicted molar refractivity (Wildman–Crippen MR) is 71.3 cm³/mol. The minimum atomic E-state index is -3.51. The van der Waals surface area contributed by atoms with Crippen LogP contribution in [0.15, 0.2) is 17.2 Å². The maximum absolute atomic E-state index is 12.0. The van der Waals surface area contributed by atoms with Crippen LogP contribution < -0.4 is 10.0 Å². The van der Waals surface area contributed by atoms with E-state index in [-0.39, 0.29) is 10.8 Å². The highest BCUT2D eigenvalue weighted by Gasteiger charge is 2.21. The van der Waals surface area contributed by atoms with Crippen LogP contribution in [0.4, 0.5) is 0 Å². The van der Waals surface area contributed by atoms with Gasteiger partial charge in [0.15, 0.2) is 0 Å². The van der Waals surface area contributed by atoms with Crippen LogP contribution in [0.2, 0.25) is 0 Å². The van der Waals surface area contributed by atoms with Gasteiger partial charge in [-0.25, -0.2) is 13.1 Å². The molecule has 0 saturated heterocycles. The summed E-state index contributed by atoms with van der Waals surface area (Å²) in [4.78, 5) is 12.1. The van der Waals surface area contributed by atoms with Gasteiger partial charge in [0, 0.05) is 19.8 Å². The van der Waals surface area contributed by atoms with Gasteiger partial charge < -0.3 is 9.88 Å². The lowest BCUT2D eigenvalue weighted by Gasteiger charge is -2.25. The number of rotatable bonds is 5. The van der Waals surface area contributed by atoms with Crippen LogP contribution in [0.25, 0.3) is 0 Å². The Hall–Kier alpha value is -1.34. The molecule has 1 aliphatic rings. The average molecular weight is 285 g/mol. The summed E-state index contributed by atoms with van der Waals surface area (Å²) in [6.45, 7) is 0.665. The molecule has 0 atom stereocenters. The second-order valence-electron chi connectivity index (χ2n) is 4.89. The number of amides is 1. The fourth-order valence-electron chi connectivity index (χ4n) is 2.05. The van der Waals surface area contributed by atoms with Gasteiger partial charge in [0.25, 0.3) is 5.91 Å². The van der Waals surface area contributed by atoms with Crippen LogP contribution in [-0.4, -0.2) is 32.5 Å². The molecule has 7 heteroatoms. The summed E-state index contributed by atoms with van der Waals surface area (Å²) < 4.78 is 27.1. The number of nitrogens with one attached hydrogen (secondary N) is 2. The first kappa shape index (κ1) is 14.1. The smallest absolute Gasteiger partial charge is 0.267 e. The molecule has 1 saturated carbocycles. The van der Waals surface area contributed by atoms with Crippen molar-refractivity contribution in [3.63, 3.8) is 0 Å². The summed E-state index contributed by atoms with van der Waals surface area (Å²) in [5.41, 5.74) is 0.355. The van der Waals surface area contributed by atoms with E-state index < -0.39 is 10.0 Å². The molecule has 0 bridgehead atoms. The van der Waals surface area contributed by atoms with E-state index in [4.69, 9.17) is 0 Å². The normalized spacial score (nSPS) is 16.1. The monoisotopic (exact) mass is 285 g/mol. The number of nitrogens with zero attached hydrogens (tertiary/aromatic N) is 1. The molecule has 2 N–H and O–H groups in total. The van der Waals surface area contributed by atoms with Crippen molar-refractivity contribution in [2.24, 2.45) is 13.0 Å². The van der Waals surface area contributed by atoms with E-state index in [1.165, 1.54) is 30.3 Å². The third kappa shape index (κ3) is 2.98. The molecule has 1 aromatic heterocycles. The molecule has 1 aromatic rings. The Morgan fingerprint density at radius 3 is 2.68 bits per heavy atom. The van der Waals surface area contributed by atoms with E-state index in [2.05, 4.69) is 10.0 Å². The Morgan fingerprint density at radius 2 is 2.16 bits per heavy atom. The lowest BCUT2D eigenvalue weighted by atomic mass is 9.85. The van der Waals surface area contributed by atoms with E-state index >= 15 is 0 Å². The van der Waals surface area contributed by atoms with Gasteiger partial charge in [-0.1, -0.05) is 6.42 Å². The molecule has 1 heterocycles. The zero-order chi connectivity index (χ0) is 14.0. The first-order valence-corrected chi connectivity index (χ1v) is 7.80. The number of hydrogen-bond acceptors (Lipinski definition) is 3. The van der Waals surface area contributed by atoms with Crippen LogP contribution >= 0.6 is 0 Å². The Morgan fingerprint density at radius 1 is 1.47 bits per heavy atom. The maximum Gasteiger partial charge on any atom is 0.267 e. The lowest BCUT2D eigenvalue weighted by molar-refractivity contribution is 0.0931. The number of aromatic nitrogens is 1. The minimum absolute atomic E-state index is 0.103. The molecule has 6 nitrogen and oxygen atoms in total. The molecule has 19 heavy (non-hydrogen) atoms. The molecule has 0 unspecified atom stereocenters. The Bertz CT molecular complexity index is 573. The van der Waals surface area contributed by atoms with Crippen molar-refractivity contribution < 1.29 is 13.2 Å². The highest BCUT2D eigenvalue weighted by atomic mass is 32.2. The molecule has 0 spiro atoms. The number of aryl methyl sites for hydroxylation is 1. The number of carbonyl (C=O) groups excluding carboxylic acids is 1. The van der Waals surface area contributed by atoms with Gasteiger partial charge in [-0.05, 0) is 31.9 Å². The summed E-state index contributed by atoms with van der Waals surface area (Å²) in [7, 11) is -0.503. The molecule has 1 fully saturated rings. The van der Waals surface area contributed by atoms with Crippen molar-refractivity contribution in [3.8, 4) is 0 Å². The Balaban J connectivity index is 2.09. The van der Waals surface area contributed by atoms with Gasteiger partial charge >= 0.3 is 0 Å². The van der Waals surface area contributed by atoms with Gasteiger partial charge in [0.2, 0.25) is 10.0 Å². The fraction of sp³-hybridized carbons (Fsp3) is 0.583. The van der Waals surface area contributed by atoms with E-state index in [1.807, 2.05) is 0 Å². The number of hydrogen-bond donors (Lipinski definition) is 2. The van der Waals surface area contributed by atoms with Crippen LogP contribution in [0.5, 0.6) is 0 Å². The summed E-state index contributed by atoms with van der Waals surface area (Å²) in [5, 5.41) is 2.85. The summed E-state index contributed by atoms with van der Waals surface area (Å²) in [6.07, 6.45) is 4.99. The topological polar surface area (TPSA) is 80.2 Å². The van der Waals surface area contributed by atoms with E-state index in [0.717, 1.165) is 12.8 Å². The highest BCUT2D eigenvalue weighted by molar-refractivity contribution is 7.89. The van der Waals surface area contributed by atoms with E-state index in [0.29, 0.717) is 18.2 Å². The van der Waals surface area contributed by atoms with Crippen molar-refractivity contribution in [2.45, 2.75) is 24.2 Å². The highest BCUT2D eigenvalue weighted by Crippen LogP contribution is 2.25. The molecule has 1 amide bonds. The number of carbonyl (C=O) groups is 1. The van der Waals surface area contributed by atoms with Crippen molar-refractivity contribution in [1.29, 1.82) is 0 Å². The molecular weight excluding hydrogens is 266 g/mol. The number of sulfonamides is 1. The van der Waals surface area contributed by atoms with Crippen molar-refractivity contribution in [1.82, 2.24) is 14.6 Å². The van der Waals surface area contributed by atoms with Crippen molar-refractivity contribution >= 4 is 15.9 Å². The molecular formula is C12H19N3O3S. The molecule has 0 aliphatic heterocycles. The van der Waals surface area contributed by atoms with Crippen molar-refractivity contribution in [3.05, 3.63) is 18.0 Å².